The van der Waals surface area contributed by atoms with Crippen LogP contribution in [0.4, 0.5) is 51.2 Å². The molecule has 0 spiro atoms. The van der Waals surface area contributed by atoms with Crippen LogP contribution in [0.2, 0.25) is 0 Å². The summed E-state index contributed by atoms with van der Waals surface area (Å²) in [6, 6.07) is 110. The first kappa shape index (κ1) is 62.4. The molecule has 0 aliphatic carbocycles. The van der Waals surface area contributed by atoms with Gasteiger partial charge in [0.05, 0.1) is 27.8 Å². The van der Waals surface area contributed by atoms with Gasteiger partial charge in [-0.2, -0.15) is 0 Å². The lowest BCUT2D eigenvalue weighted by Gasteiger charge is -2.46. The van der Waals surface area contributed by atoms with Crippen LogP contribution in [0, 0.1) is 0 Å². The topological polar surface area (TPSA) is 19.6 Å². The molecule has 6 heteroatoms. The second kappa shape index (κ2) is 23.3. The zero-order chi connectivity index (χ0) is 68.7. The molecule has 17 rings (SSSR count). The third-order valence-corrected chi connectivity index (χ3v) is 21.2. The third kappa shape index (κ3) is 10.5. The second-order valence-electron chi connectivity index (χ2n) is 31.9. The molecular weight excluding hydrogens is 1210 g/mol. The van der Waals surface area contributed by atoms with Gasteiger partial charge in [-0.25, -0.2) is 0 Å². The largest absolute Gasteiger partial charge is 0.311 e. The molecule has 488 valence electrons. The summed E-state index contributed by atoms with van der Waals surface area (Å²) in [4.78, 5) is 7.81. The molecule has 0 atom stereocenters. The predicted octanol–water partition coefficient (Wildman–Crippen LogP) is 24.0. The fraction of sp³-hybridized carbons (Fsp3) is 0.170. The lowest BCUT2D eigenvalue weighted by atomic mass is 9.33. The van der Waals surface area contributed by atoms with Crippen molar-refractivity contribution < 1.29 is 0 Å². The predicted molar refractivity (Wildman–Crippen MR) is 429 cm³/mol. The van der Waals surface area contributed by atoms with Crippen LogP contribution in [-0.2, 0) is 21.7 Å². The minimum Gasteiger partial charge on any atom is -0.311 e. The van der Waals surface area contributed by atoms with E-state index in [9.17, 15) is 0 Å². The summed E-state index contributed by atoms with van der Waals surface area (Å²) < 4.78 is 5.03. The van der Waals surface area contributed by atoms with Crippen molar-refractivity contribution >= 4 is 118 Å². The molecule has 5 nitrogen and oxygen atoms in total. The van der Waals surface area contributed by atoms with Gasteiger partial charge in [0.25, 0.3) is 6.71 Å². The number of rotatable bonds is 9. The highest BCUT2D eigenvalue weighted by Gasteiger charge is 2.45. The quantitative estimate of drug-likeness (QED) is 0.134. The van der Waals surface area contributed by atoms with Gasteiger partial charge in [0.2, 0.25) is 0 Å². The van der Waals surface area contributed by atoms with E-state index in [4.69, 9.17) is 0 Å². The highest BCUT2D eigenvalue weighted by Crippen LogP contribution is 2.52. The average Bonchev–Trinajstić information content (AvgIpc) is 0.704. The first-order valence-corrected chi connectivity index (χ1v) is 35.6. The average molecular weight is 1290 g/mol. The smallest absolute Gasteiger partial charge is 0.252 e. The second-order valence-corrected chi connectivity index (χ2v) is 31.9. The number of anilines is 9. The van der Waals surface area contributed by atoms with E-state index in [-0.39, 0.29) is 28.4 Å². The summed E-state index contributed by atoms with van der Waals surface area (Å²) in [5.74, 6) is 0. The lowest BCUT2D eigenvalue weighted by Crippen LogP contribution is -2.61. The Kier molecular flexibility index (Phi) is 14.5. The van der Waals surface area contributed by atoms with Gasteiger partial charge in [-0.3, -0.25) is 0 Å². The molecule has 13 aromatic carbocycles. The molecule has 2 aliphatic heterocycles. The molecule has 0 bridgehead atoms. The Balaban J connectivity index is 1.01. The van der Waals surface area contributed by atoms with Crippen molar-refractivity contribution in [1.82, 2.24) is 9.13 Å². The Morgan fingerprint density at radius 3 is 0.960 bits per heavy atom. The molecule has 0 radical (unpaired) electrons. The van der Waals surface area contributed by atoms with Crippen molar-refractivity contribution in [3.05, 3.63) is 313 Å². The number of nitrogens with zero attached hydrogens (tertiary/aromatic N) is 5. The molecule has 0 N–H and O–H groups in total. The van der Waals surface area contributed by atoms with Gasteiger partial charge in [0.1, 0.15) is 0 Å². The van der Waals surface area contributed by atoms with Crippen LogP contribution in [0.25, 0.3) is 77.2 Å². The first-order chi connectivity index (χ1) is 48.1. The van der Waals surface area contributed by atoms with E-state index < -0.39 is 0 Å². The Hall–Kier alpha value is -11.1. The third-order valence-electron chi connectivity index (χ3n) is 21.2. The van der Waals surface area contributed by atoms with Gasteiger partial charge >= 0.3 is 0 Å². The minimum atomic E-state index is -0.208. The van der Waals surface area contributed by atoms with Gasteiger partial charge in [0, 0.05) is 78.4 Å². The zero-order valence-corrected chi connectivity index (χ0v) is 59.5. The van der Waals surface area contributed by atoms with Crippen LogP contribution in [0.15, 0.2) is 291 Å². The van der Waals surface area contributed by atoms with Crippen LogP contribution in [0.3, 0.4) is 0 Å². The van der Waals surface area contributed by atoms with E-state index in [1.807, 2.05) is 0 Å². The normalized spacial score (nSPS) is 13.1. The summed E-state index contributed by atoms with van der Waals surface area (Å²) in [6.45, 7) is 28.2. The summed E-state index contributed by atoms with van der Waals surface area (Å²) in [5.41, 5.74) is 30.0. The highest BCUT2D eigenvalue weighted by atomic mass is 15.2. The van der Waals surface area contributed by atoms with Crippen molar-refractivity contribution in [3.63, 3.8) is 0 Å². The standard InChI is InChI=1S/C94H84BN5/c1-91(2,3)65-51-66(92(4,5)6)54-73(53-65)99-86-57-71(97-82-39-27-25-37-76(82)78-49-63(41-47-84(78)97)61-29-17-13-18-30-61)43-45-80(86)95-81-46-44-72(98-83-40-28-26-38-77(83)79-50-64(42-48-85(79)98)62-31-19-14-20-32-62)58-87(81)100(74-55-67(93(7,8)9)52-68(56-74)94(10,11)12)89-60-75(59-88(99)90(89)95)96(69-33-21-15-22-34-69)70-35-23-16-24-36-70/h13-60H,1-12H3. The summed E-state index contributed by atoms with van der Waals surface area (Å²) in [6.07, 6.45) is 0. The van der Waals surface area contributed by atoms with E-state index in [2.05, 4.69) is 398 Å². The number of benzene rings is 13. The van der Waals surface area contributed by atoms with E-state index in [1.165, 1.54) is 105 Å². The van der Waals surface area contributed by atoms with Crippen LogP contribution in [-0.4, -0.2) is 15.8 Å². The number of hydrogen-bond acceptors (Lipinski definition) is 3. The Morgan fingerprint density at radius 2 is 0.590 bits per heavy atom. The van der Waals surface area contributed by atoms with Gasteiger partial charge in [-0.1, -0.05) is 253 Å². The van der Waals surface area contributed by atoms with E-state index in [1.54, 1.807) is 0 Å². The maximum Gasteiger partial charge on any atom is 0.252 e. The van der Waals surface area contributed by atoms with E-state index >= 15 is 0 Å². The summed E-state index contributed by atoms with van der Waals surface area (Å²) in [7, 11) is 0. The zero-order valence-electron chi connectivity index (χ0n) is 59.5. The molecular formula is C94H84BN5. The SMILES string of the molecule is CC(C)(C)c1cc(N2c3cc(-n4c5ccccc5c5cc(-c6ccccc6)ccc54)ccc3B3c4ccc(-n5c6ccccc6c6cc(-c7ccccc7)ccc65)cc4N(c4cc(C(C)(C)C)cc(C(C)(C)C)c4)c4cc(N(c5ccccc5)c5ccccc5)cc2c43)cc(C(C)(C)C)c1. The van der Waals surface area contributed by atoms with Crippen molar-refractivity contribution in [3.8, 4) is 33.6 Å². The summed E-state index contributed by atoms with van der Waals surface area (Å²) in [5, 5.41) is 4.90. The number of hydrogen-bond donors (Lipinski definition) is 0. The number of aromatic nitrogens is 2. The van der Waals surface area contributed by atoms with Crippen LogP contribution in [0.5, 0.6) is 0 Å². The molecule has 2 aliphatic rings. The molecule has 100 heavy (non-hydrogen) atoms. The molecule has 0 fully saturated rings. The van der Waals surface area contributed by atoms with Gasteiger partial charge in [-0.15, -0.1) is 0 Å². The molecule has 15 aromatic rings. The van der Waals surface area contributed by atoms with E-state index in [0.29, 0.717) is 0 Å². The van der Waals surface area contributed by atoms with Crippen molar-refractivity contribution in [2.75, 3.05) is 14.7 Å². The van der Waals surface area contributed by atoms with Crippen molar-refractivity contribution in [2.45, 2.75) is 105 Å². The van der Waals surface area contributed by atoms with E-state index in [0.717, 1.165) is 62.6 Å². The minimum absolute atomic E-state index is 0.171. The Morgan fingerprint density at radius 1 is 0.250 bits per heavy atom. The fourth-order valence-corrected chi connectivity index (χ4v) is 15.9. The molecule has 2 aromatic heterocycles. The van der Waals surface area contributed by atoms with Gasteiger partial charge in [0.15, 0.2) is 0 Å². The maximum atomic E-state index is 2.67. The lowest BCUT2D eigenvalue weighted by molar-refractivity contribution is 0.568. The van der Waals surface area contributed by atoms with Crippen LogP contribution in [0.1, 0.15) is 105 Å². The molecule has 0 amide bonds. The van der Waals surface area contributed by atoms with Crippen LogP contribution >= 0.6 is 0 Å². The number of fused-ring (bicyclic) bond motifs is 10. The monoisotopic (exact) mass is 1290 g/mol. The van der Waals surface area contributed by atoms with Crippen LogP contribution < -0.4 is 31.1 Å². The molecule has 0 saturated heterocycles. The first-order valence-electron chi connectivity index (χ1n) is 35.6. The van der Waals surface area contributed by atoms with Crippen molar-refractivity contribution in [1.29, 1.82) is 0 Å². The van der Waals surface area contributed by atoms with Gasteiger partial charge in [-0.05, 0) is 204 Å². The van der Waals surface area contributed by atoms with Crippen molar-refractivity contribution in [2.24, 2.45) is 0 Å². The number of para-hydroxylation sites is 4. The fourth-order valence-electron chi connectivity index (χ4n) is 15.9. The highest BCUT2D eigenvalue weighted by molar-refractivity contribution is 7.00. The molecule has 0 saturated carbocycles. The van der Waals surface area contributed by atoms with Gasteiger partial charge < -0.3 is 23.8 Å². The maximum absolute atomic E-state index is 2.67. The Labute approximate surface area is 589 Å². The Bertz CT molecular complexity index is 5300. The molecule has 0 unspecified atom stereocenters. The summed E-state index contributed by atoms with van der Waals surface area (Å²) >= 11 is 0. The molecule has 4 heterocycles.